The van der Waals surface area contributed by atoms with Gasteiger partial charge in [-0.3, -0.25) is 0 Å². The predicted molar refractivity (Wildman–Crippen MR) is 141 cm³/mol. The Balaban J connectivity index is 1.77. The smallest absolute Gasteiger partial charge is 0.139 e. The lowest BCUT2D eigenvalue weighted by atomic mass is 10.00. The third-order valence-electron chi connectivity index (χ3n) is 7.15. The summed E-state index contributed by atoms with van der Waals surface area (Å²) in [6, 6.07) is 0. The Labute approximate surface area is 201 Å². The van der Waals surface area contributed by atoms with Crippen LogP contribution in [0.15, 0.2) is 119 Å². The van der Waals surface area contributed by atoms with Crippen molar-refractivity contribution >= 4 is 17.1 Å². The molecule has 0 saturated heterocycles. The number of nitrogens with zero attached hydrogens (tertiary/aromatic N) is 3. The van der Waals surface area contributed by atoms with Crippen LogP contribution in [-0.2, 0) is 0 Å². The molecule has 34 heavy (non-hydrogen) atoms. The van der Waals surface area contributed by atoms with E-state index in [2.05, 4.69) is 59.0 Å². The average Bonchev–Trinajstić information content (AvgIpc) is 3.37. The van der Waals surface area contributed by atoms with Gasteiger partial charge in [0.2, 0.25) is 0 Å². The lowest BCUT2D eigenvalue weighted by Gasteiger charge is -2.15. The number of fused-ring (bicyclic) bond motifs is 5. The van der Waals surface area contributed by atoms with Crippen molar-refractivity contribution in [3.05, 3.63) is 104 Å². The van der Waals surface area contributed by atoms with Gasteiger partial charge in [-0.15, -0.1) is 0 Å². The molecule has 5 heterocycles. The molecule has 0 aromatic heterocycles. The number of aliphatic imine (C=N–C) groups is 3. The predicted octanol–water partition coefficient (Wildman–Crippen LogP) is 6.62. The maximum Gasteiger partial charge on any atom is 0.139 e. The maximum atomic E-state index is 10.6. The van der Waals surface area contributed by atoms with Crippen molar-refractivity contribution in [1.29, 1.82) is 0 Å². The number of hydrogen-bond donors (Lipinski definition) is 2. The monoisotopic (exact) mass is 450 g/mol. The van der Waals surface area contributed by atoms with Crippen LogP contribution in [0.3, 0.4) is 0 Å². The van der Waals surface area contributed by atoms with Gasteiger partial charge in [0.25, 0.3) is 0 Å². The Morgan fingerprint density at radius 2 is 1.26 bits per heavy atom. The molecule has 0 aromatic rings. The van der Waals surface area contributed by atoms with E-state index in [-0.39, 0.29) is 5.76 Å². The molecule has 5 aliphatic heterocycles. The van der Waals surface area contributed by atoms with E-state index in [0.29, 0.717) is 5.70 Å². The van der Waals surface area contributed by atoms with Gasteiger partial charge in [0.15, 0.2) is 0 Å². The number of aliphatic hydroxyl groups excluding tert-OH is 1. The third kappa shape index (κ3) is 3.52. The highest BCUT2D eigenvalue weighted by atomic mass is 16.3. The standard InChI is InChI=1S/C29H30N4O/c1-7-20-17(5)22-11-19-9-10-29(34)28(30-19)14-25-18(6)21(8-2)27(33-25)13-24-16(4)15(3)23(31-24)12-26(20)32-22/h9-14,30,34H,7-8H2,1-6H3. The highest BCUT2D eigenvalue weighted by molar-refractivity contribution is 6.17. The number of nitrogens with one attached hydrogen (secondary N) is 1. The fourth-order valence-electron chi connectivity index (χ4n) is 4.89. The van der Waals surface area contributed by atoms with Gasteiger partial charge in [-0.25, -0.2) is 15.0 Å². The quantitative estimate of drug-likeness (QED) is 0.496. The van der Waals surface area contributed by atoms with Crippen LogP contribution >= 0.6 is 0 Å². The second-order valence-electron chi connectivity index (χ2n) is 9.10. The Hall–Kier alpha value is -3.73. The zero-order valence-corrected chi connectivity index (χ0v) is 20.7. The van der Waals surface area contributed by atoms with Crippen LogP contribution in [0.25, 0.3) is 0 Å². The fraction of sp³-hybridized carbons (Fsp3) is 0.276. The molecule has 0 spiro atoms. The molecule has 8 bridgehead atoms. The molecule has 0 amide bonds. The number of hydrogen-bond acceptors (Lipinski definition) is 5. The van der Waals surface area contributed by atoms with E-state index in [1.807, 2.05) is 18.2 Å². The van der Waals surface area contributed by atoms with Crippen molar-refractivity contribution in [3.63, 3.8) is 0 Å². The zero-order chi connectivity index (χ0) is 24.1. The van der Waals surface area contributed by atoms with Crippen molar-refractivity contribution in [2.24, 2.45) is 15.0 Å². The molecule has 5 heteroatoms. The van der Waals surface area contributed by atoms with E-state index >= 15 is 0 Å². The summed E-state index contributed by atoms with van der Waals surface area (Å²) in [5.74, 6) is 0.188. The molecule has 2 N–H and O–H groups in total. The normalized spacial score (nSPS) is 21.9. The maximum absolute atomic E-state index is 10.6. The van der Waals surface area contributed by atoms with Gasteiger partial charge < -0.3 is 10.4 Å². The molecule has 0 fully saturated rings. The second-order valence-corrected chi connectivity index (χ2v) is 9.10. The van der Waals surface area contributed by atoms with E-state index in [1.165, 1.54) is 22.3 Å². The molecular formula is C29H30N4O. The first-order valence-electron chi connectivity index (χ1n) is 11.9. The summed E-state index contributed by atoms with van der Waals surface area (Å²) in [5, 5.41) is 13.9. The minimum atomic E-state index is 0.188. The molecule has 5 aliphatic rings. The van der Waals surface area contributed by atoms with Crippen LogP contribution < -0.4 is 5.32 Å². The van der Waals surface area contributed by atoms with E-state index in [0.717, 1.165) is 63.9 Å². The van der Waals surface area contributed by atoms with Gasteiger partial charge in [-0.2, -0.15) is 0 Å². The first-order chi connectivity index (χ1) is 16.3. The first kappa shape index (κ1) is 22.1. The molecule has 0 unspecified atom stereocenters. The Kier molecular flexibility index (Phi) is 5.35. The number of rotatable bonds is 2. The molecule has 5 rings (SSSR count). The summed E-state index contributed by atoms with van der Waals surface area (Å²) in [7, 11) is 0. The summed E-state index contributed by atoms with van der Waals surface area (Å²) in [5.41, 5.74) is 14.1. The van der Waals surface area contributed by atoms with Gasteiger partial charge >= 0.3 is 0 Å². The summed E-state index contributed by atoms with van der Waals surface area (Å²) in [6.45, 7) is 12.8. The summed E-state index contributed by atoms with van der Waals surface area (Å²) >= 11 is 0. The van der Waals surface area contributed by atoms with Crippen LogP contribution in [0.4, 0.5) is 0 Å². The number of aliphatic hydroxyl groups is 1. The number of dihydropyridines is 1. The Morgan fingerprint density at radius 1 is 0.647 bits per heavy atom. The van der Waals surface area contributed by atoms with Crippen LogP contribution in [0, 0.1) is 0 Å². The van der Waals surface area contributed by atoms with Crippen molar-refractivity contribution in [1.82, 2.24) is 5.32 Å². The lowest BCUT2D eigenvalue weighted by Crippen LogP contribution is -2.17. The first-order valence-corrected chi connectivity index (χ1v) is 11.9. The molecule has 5 nitrogen and oxygen atoms in total. The molecule has 0 aromatic carbocycles. The van der Waals surface area contributed by atoms with Crippen molar-refractivity contribution < 1.29 is 5.11 Å². The SMILES string of the molecule is CCC1=C(C)C2=NC1=CC1=NC(=CC3=NC(=CC4=C(O)C=CC(=C2)N4)C(C)=C3CC)C(C)=C1C. The van der Waals surface area contributed by atoms with Crippen molar-refractivity contribution in [2.75, 3.05) is 0 Å². The fourth-order valence-corrected chi connectivity index (χ4v) is 4.89. The highest BCUT2D eigenvalue weighted by Gasteiger charge is 2.25. The van der Waals surface area contributed by atoms with Gasteiger partial charge in [-0.1, -0.05) is 13.8 Å². The minimum Gasteiger partial charge on any atom is -0.506 e. The Bertz CT molecular complexity index is 1410. The lowest BCUT2D eigenvalue weighted by molar-refractivity contribution is 0.421. The number of allylic oxidation sites excluding steroid dienone is 12. The van der Waals surface area contributed by atoms with E-state index in [4.69, 9.17) is 15.0 Å². The second kappa shape index (κ2) is 8.24. The van der Waals surface area contributed by atoms with Crippen LogP contribution in [0.5, 0.6) is 0 Å². The van der Waals surface area contributed by atoms with Gasteiger partial charge in [-0.05, 0) is 110 Å². The van der Waals surface area contributed by atoms with Gasteiger partial charge in [0.05, 0.1) is 39.9 Å². The van der Waals surface area contributed by atoms with E-state index in [9.17, 15) is 5.11 Å². The molecule has 0 radical (unpaired) electrons. The molecule has 0 aliphatic carbocycles. The average molecular weight is 451 g/mol. The van der Waals surface area contributed by atoms with Gasteiger partial charge in [0, 0.05) is 5.70 Å². The molecule has 172 valence electrons. The van der Waals surface area contributed by atoms with Crippen molar-refractivity contribution in [2.45, 2.75) is 54.4 Å². The minimum absolute atomic E-state index is 0.188. The van der Waals surface area contributed by atoms with Crippen LogP contribution in [-0.4, -0.2) is 22.2 Å². The van der Waals surface area contributed by atoms with Crippen LogP contribution in [0.2, 0.25) is 0 Å². The van der Waals surface area contributed by atoms with Crippen molar-refractivity contribution in [3.8, 4) is 0 Å². The molecule has 0 atom stereocenters. The summed E-state index contributed by atoms with van der Waals surface area (Å²) < 4.78 is 0. The molecule has 0 saturated carbocycles. The topological polar surface area (TPSA) is 69.3 Å². The van der Waals surface area contributed by atoms with Gasteiger partial charge in [0.1, 0.15) is 5.76 Å². The highest BCUT2D eigenvalue weighted by Crippen LogP contribution is 2.35. The Morgan fingerprint density at radius 3 is 2.00 bits per heavy atom. The summed E-state index contributed by atoms with van der Waals surface area (Å²) in [4.78, 5) is 14.9. The third-order valence-corrected chi connectivity index (χ3v) is 7.15. The molecular weight excluding hydrogens is 420 g/mol. The van der Waals surface area contributed by atoms with E-state index < -0.39 is 0 Å². The zero-order valence-electron chi connectivity index (χ0n) is 20.7. The largest absolute Gasteiger partial charge is 0.506 e. The summed E-state index contributed by atoms with van der Waals surface area (Å²) in [6.07, 6.45) is 13.5. The van der Waals surface area contributed by atoms with Crippen LogP contribution in [0.1, 0.15) is 54.4 Å². The van der Waals surface area contributed by atoms with E-state index in [1.54, 1.807) is 6.08 Å².